The van der Waals surface area contributed by atoms with Crippen LogP contribution in [0.3, 0.4) is 0 Å². The summed E-state index contributed by atoms with van der Waals surface area (Å²) in [4.78, 5) is 11.9. The molecule has 1 heterocycles. The fourth-order valence-electron chi connectivity index (χ4n) is 2.47. The number of carbonyl (C=O) groups is 1. The van der Waals surface area contributed by atoms with E-state index in [0.29, 0.717) is 26.1 Å². The van der Waals surface area contributed by atoms with Crippen LogP contribution in [0.15, 0.2) is 24.3 Å². The molecule has 0 saturated carbocycles. The van der Waals surface area contributed by atoms with Crippen LogP contribution in [0.2, 0.25) is 0 Å². The van der Waals surface area contributed by atoms with Crippen LogP contribution < -0.4 is 5.32 Å². The number of rotatable bonds is 5. The molecule has 1 saturated heterocycles. The normalized spacial score (nSPS) is 19.0. The Labute approximate surface area is 124 Å². The maximum absolute atomic E-state index is 13.2. The molecule has 2 rings (SSSR count). The molecule has 5 heteroatoms. The van der Waals surface area contributed by atoms with Gasteiger partial charge in [-0.3, -0.25) is 4.79 Å². The third-order valence-electron chi connectivity index (χ3n) is 3.95. The number of carbonyl (C=O) groups excluding carboxylic acids is 1. The second-order valence-corrected chi connectivity index (χ2v) is 5.77. The van der Waals surface area contributed by atoms with E-state index >= 15 is 0 Å². The molecule has 1 aliphatic rings. The predicted molar refractivity (Wildman–Crippen MR) is 77.4 cm³/mol. The van der Waals surface area contributed by atoms with E-state index < -0.39 is 5.60 Å². The molecule has 1 atom stereocenters. The molecular formula is C16H22FNO3. The van der Waals surface area contributed by atoms with Crippen LogP contribution in [0.25, 0.3) is 0 Å². The summed E-state index contributed by atoms with van der Waals surface area (Å²) in [6, 6.07) is 6.29. The maximum Gasteiger partial charge on any atom is 0.220 e. The van der Waals surface area contributed by atoms with Crippen LogP contribution in [-0.2, 0) is 9.53 Å². The third kappa shape index (κ3) is 4.79. The molecule has 0 aliphatic carbocycles. The average Bonchev–Trinajstić information content (AvgIpc) is 2.46. The van der Waals surface area contributed by atoms with Crippen LogP contribution in [0.5, 0.6) is 0 Å². The van der Waals surface area contributed by atoms with Crippen molar-refractivity contribution in [3.8, 4) is 0 Å². The Bertz CT molecular complexity index is 486. The first-order valence-corrected chi connectivity index (χ1v) is 7.31. The van der Waals surface area contributed by atoms with Gasteiger partial charge in [-0.2, -0.15) is 0 Å². The Morgan fingerprint density at radius 1 is 1.48 bits per heavy atom. The lowest BCUT2D eigenvalue weighted by Crippen LogP contribution is -2.46. The van der Waals surface area contributed by atoms with E-state index in [4.69, 9.17) is 4.74 Å². The molecule has 21 heavy (non-hydrogen) atoms. The highest BCUT2D eigenvalue weighted by molar-refractivity contribution is 5.76. The van der Waals surface area contributed by atoms with Crippen molar-refractivity contribution in [2.75, 3.05) is 19.8 Å². The lowest BCUT2D eigenvalue weighted by Gasteiger charge is -2.32. The third-order valence-corrected chi connectivity index (χ3v) is 3.95. The van der Waals surface area contributed by atoms with Crippen LogP contribution in [0.1, 0.15) is 37.7 Å². The van der Waals surface area contributed by atoms with Crippen LogP contribution >= 0.6 is 0 Å². The summed E-state index contributed by atoms with van der Waals surface area (Å²) < 4.78 is 18.4. The van der Waals surface area contributed by atoms with Crippen molar-refractivity contribution >= 4 is 5.91 Å². The number of benzene rings is 1. The van der Waals surface area contributed by atoms with Gasteiger partial charge in [0.15, 0.2) is 0 Å². The minimum atomic E-state index is -0.865. The van der Waals surface area contributed by atoms with Gasteiger partial charge in [-0.05, 0) is 23.6 Å². The molecule has 0 spiro atoms. The number of hydrogen-bond donors (Lipinski definition) is 2. The number of aliphatic hydroxyl groups is 1. The van der Waals surface area contributed by atoms with Crippen molar-refractivity contribution in [3.05, 3.63) is 35.6 Å². The van der Waals surface area contributed by atoms with Gasteiger partial charge < -0.3 is 15.2 Å². The minimum absolute atomic E-state index is 0.0648. The number of ether oxygens (including phenoxy) is 1. The van der Waals surface area contributed by atoms with E-state index in [1.165, 1.54) is 12.1 Å². The van der Waals surface area contributed by atoms with Gasteiger partial charge in [0.05, 0.1) is 5.60 Å². The zero-order valence-electron chi connectivity index (χ0n) is 12.3. The highest BCUT2D eigenvalue weighted by atomic mass is 19.1. The summed E-state index contributed by atoms with van der Waals surface area (Å²) >= 11 is 0. The number of nitrogens with one attached hydrogen (secondary N) is 1. The Balaban J connectivity index is 1.81. The van der Waals surface area contributed by atoms with Gasteiger partial charge in [-0.25, -0.2) is 4.39 Å². The van der Waals surface area contributed by atoms with Crippen molar-refractivity contribution in [3.63, 3.8) is 0 Å². The first-order valence-electron chi connectivity index (χ1n) is 7.31. The van der Waals surface area contributed by atoms with E-state index in [1.807, 2.05) is 13.0 Å². The summed E-state index contributed by atoms with van der Waals surface area (Å²) in [7, 11) is 0. The minimum Gasteiger partial charge on any atom is -0.388 e. The lowest BCUT2D eigenvalue weighted by atomic mass is 9.94. The van der Waals surface area contributed by atoms with Crippen molar-refractivity contribution in [2.24, 2.45) is 0 Å². The highest BCUT2D eigenvalue weighted by Gasteiger charge is 2.30. The molecule has 0 aromatic heterocycles. The monoisotopic (exact) mass is 295 g/mol. The maximum atomic E-state index is 13.2. The number of halogens is 1. The van der Waals surface area contributed by atoms with Gasteiger partial charge >= 0.3 is 0 Å². The fourth-order valence-corrected chi connectivity index (χ4v) is 2.47. The van der Waals surface area contributed by atoms with Crippen molar-refractivity contribution in [1.82, 2.24) is 5.32 Å². The number of amides is 1. The van der Waals surface area contributed by atoms with E-state index in [-0.39, 0.29) is 30.6 Å². The van der Waals surface area contributed by atoms with E-state index in [0.717, 1.165) is 5.56 Å². The van der Waals surface area contributed by atoms with Gasteiger partial charge in [-0.1, -0.05) is 19.1 Å². The molecule has 1 aliphatic heterocycles. The highest BCUT2D eigenvalue weighted by Crippen LogP contribution is 2.21. The van der Waals surface area contributed by atoms with Gasteiger partial charge in [0.1, 0.15) is 5.82 Å². The van der Waals surface area contributed by atoms with E-state index in [9.17, 15) is 14.3 Å². The standard InChI is InChI=1S/C16H22FNO3/c1-12(13-3-2-4-14(17)10-13)9-15(19)18-11-16(20)5-7-21-8-6-16/h2-4,10,12,20H,5-9,11H2,1H3,(H,18,19). The predicted octanol–water partition coefficient (Wildman–Crippen LogP) is 1.98. The molecule has 2 N–H and O–H groups in total. The molecule has 1 aromatic carbocycles. The molecule has 1 amide bonds. The van der Waals surface area contributed by atoms with Crippen LogP contribution in [-0.4, -0.2) is 36.4 Å². The first kappa shape index (κ1) is 15.9. The van der Waals surface area contributed by atoms with Crippen molar-refractivity contribution in [2.45, 2.75) is 37.7 Å². The molecular weight excluding hydrogens is 273 g/mol. The molecule has 4 nitrogen and oxygen atoms in total. The zero-order valence-corrected chi connectivity index (χ0v) is 12.3. The SMILES string of the molecule is CC(CC(=O)NCC1(O)CCOCC1)c1cccc(F)c1. The molecule has 1 aromatic rings. The largest absolute Gasteiger partial charge is 0.388 e. The summed E-state index contributed by atoms with van der Waals surface area (Å²) in [6.45, 7) is 3.17. The van der Waals surface area contributed by atoms with Crippen molar-refractivity contribution < 1.29 is 19.0 Å². The summed E-state index contributed by atoms with van der Waals surface area (Å²) in [6.07, 6.45) is 1.34. The van der Waals surface area contributed by atoms with Gasteiger partial charge in [0.25, 0.3) is 0 Å². The van der Waals surface area contributed by atoms with Crippen LogP contribution in [0, 0.1) is 5.82 Å². The Morgan fingerprint density at radius 3 is 2.86 bits per heavy atom. The second-order valence-electron chi connectivity index (χ2n) is 5.77. The van der Waals surface area contributed by atoms with Crippen LogP contribution in [0.4, 0.5) is 4.39 Å². The van der Waals surface area contributed by atoms with Gasteiger partial charge in [-0.15, -0.1) is 0 Å². The summed E-state index contributed by atoms with van der Waals surface area (Å²) in [5.41, 5.74) is -0.0642. The van der Waals surface area contributed by atoms with Gasteiger partial charge in [0, 0.05) is 39.0 Å². The number of hydrogen-bond acceptors (Lipinski definition) is 3. The Kier molecular flexibility index (Phi) is 5.31. The van der Waals surface area contributed by atoms with Gasteiger partial charge in [0.2, 0.25) is 5.91 Å². The topological polar surface area (TPSA) is 58.6 Å². The average molecular weight is 295 g/mol. The zero-order chi connectivity index (χ0) is 15.3. The lowest BCUT2D eigenvalue weighted by molar-refractivity contribution is -0.124. The molecule has 1 unspecified atom stereocenters. The smallest absolute Gasteiger partial charge is 0.220 e. The fraction of sp³-hybridized carbons (Fsp3) is 0.562. The van der Waals surface area contributed by atoms with Crippen molar-refractivity contribution in [1.29, 1.82) is 0 Å². The Hall–Kier alpha value is -1.46. The molecule has 0 bridgehead atoms. The molecule has 1 fully saturated rings. The Morgan fingerprint density at radius 2 is 2.19 bits per heavy atom. The second kappa shape index (κ2) is 7.00. The van der Waals surface area contributed by atoms with E-state index in [2.05, 4.69) is 5.32 Å². The quantitative estimate of drug-likeness (QED) is 0.873. The summed E-state index contributed by atoms with van der Waals surface area (Å²) in [5.74, 6) is -0.493. The molecule has 116 valence electrons. The summed E-state index contributed by atoms with van der Waals surface area (Å²) in [5, 5.41) is 13.0. The van der Waals surface area contributed by atoms with E-state index in [1.54, 1.807) is 6.07 Å². The molecule has 0 radical (unpaired) electrons. The first-order chi connectivity index (χ1) is 9.98.